The molecule has 0 aliphatic heterocycles. The molecule has 1 N–H and O–H groups in total. The highest BCUT2D eigenvalue weighted by Gasteiger charge is 2.13. The van der Waals surface area contributed by atoms with E-state index in [0.717, 1.165) is 12.8 Å². The molecule has 2 aromatic rings. The normalized spacial score (nSPS) is 11.9. The molecule has 0 fully saturated rings. The summed E-state index contributed by atoms with van der Waals surface area (Å²) in [4.78, 5) is 10.4. The van der Waals surface area contributed by atoms with Crippen molar-refractivity contribution in [1.29, 1.82) is 0 Å². The highest BCUT2D eigenvalue weighted by Crippen LogP contribution is 2.28. The predicted octanol–water partition coefficient (Wildman–Crippen LogP) is 4.68. The van der Waals surface area contributed by atoms with Crippen LogP contribution in [0.2, 0.25) is 5.02 Å². The van der Waals surface area contributed by atoms with E-state index in [4.69, 9.17) is 11.6 Å². The number of nitro groups is 1. The maximum absolute atomic E-state index is 10.8. The summed E-state index contributed by atoms with van der Waals surface area (Å²) >= 11 is 6.12. The fraction of sp³-hybridized carbons (Fsp3) is 0.250. The third kappa shape index (κ3) is 4.20. The first kappa shape index (κ1) is 15.3. The maximum atomic E-state index is 10.8. The van der Waals surface area contributed by atoms with E-state index in [0.29, 0.717) is 10.7 Å². The van der Waals surface area contributed by atoms with Crippen molar-refractivity contribution < 1.29 is 4.92 Å². The number of non-ortho nitro benzene ring substituents is 1. The van der Waals surface area contributed by atoms with Crippen LogP contribution in [0.15, 0.2) is 48.5 Å². The van der Waals surface area contributed by atoms with Gasteiger partial charge in [-0.15, -0.1) is 0 Å². The van der Waals surface area contributed by atoms with Crippen LogP contribution in [0.3, 0.4) is 0 Å². The Morgan fingerprint density at radius 2 is 1.95 bits per heavy atom. The van der Waals surface area contributed by atoms with Crippen molar-refractivity contribution in [1.82, 2.24) is 0 Å². The van der Waals surface area contributed by atoms with Gasteiger partial charge in [0.1, 0.15) is 0 Å². The number of nitro benzene ring substituents is 1. The average Bonchev–Trinajstić information content (AvgIpc) is 2.49. The number of benzene rings is 2. The molecule has 0 aliphatic carbocycles. The molecule has 2 rings (SSSR count). The number of hydrogen-bond donors (Lipinski definition) is 1. The van der Waals surface area contributed by atoms with E-state index in [1.807, 2.05) is 18.2 Å². The lowest BCUT2D eigenvalue weighted by Gasteiger charge is -2.19. The first-order chi connectivity index (χ1) is 10.1. The predicted molar refractivity (Wildman–Crippen MR) is 86.0 cm³/mol. The largest absolute Gasteiger partial charge is 0.381 e. The zero-order chi connectivity index (χ0) is 15.2. The fourth-order valence-electron chi connectivity index (χ4n) is 2.15. The quantitative estimate of drug-likeness (QED) is 0.622. The van der Waals surface area contributed by atoms with E-state index in [-0.39, 0.29) is 11.7 Å². The van der Waals surface area contributed by atoms with Gasteiger partial charge < -0.3 is 5.32 Å². The third-order valence-corrected chi connectivity index (χ3v) is 3.67. The molecule has 1 unspecified atom stereocenters. The Morgan fingerprint density at radius 3 is 2.57 bits per heavy atom. The van der Waals surface area contributed by atoms with E-state index in [1.165, 1.54) is 17.7 Å². The van der Waals surface area contributed by atoms with Crippen molar-refractivity contribution >= 4 is 23.0 Å². The van der Waals surface area contributed by atoms with Crippen molar-refractivity contribution in [3.63, 3.8) is 0 Å². The minimum Gasteiger partial charge on any atom is -0.381 e. The van der Waals surface area contributed by atoms with Gasteiger partial charge in [-0.05, 0) is 24.5 Å². The Labute approximate surface area is 128 Å². The molecule has 0 aromatic heterocycles. The van der Waals surface area contributed by atoms with Gasteiger partial charge in [0, 0.05) is 18.2 Å². The van der Waals surface area contributed by atoms with Crippen molar-refractivity contribution in [3.05, 3.63) is 69.2 Å². The van der Waals surface area contributed by atoms with E-state index in [2.05, 4.69) is 24.4 Å². The molecule has 5 heteroatoms. The van der Waals surface area contributed by atoms with Crippen molar-refractivity contribution in [2.45, 2.75) is 25.8 Å². The SMILES string of the molecule is CCC(Cc1ccccc1)Nc1cc([N+](=O)[O-])ccc1Cl. The smallest absolute Gasteiger partial charge is 0.271 e. The summed E-state index contributed by atoms with van der Waals surface area (Å²) in [5, 5.41) is 14.6. The topological polar surface area (TPSA) is 55.2 Å². The second kappa shape index (κ2) is 7.09. The number of anilines is 1. The van der Waals surface area contributed by atoms with E-state index in [1.54, 1.807) is 6.07 Å². The first-order valence-electron chi connectivity index (χ1n) is 6.84. The van der Waals surface area contributed by atoms with Gasteiger partial charge in [0.2, 0.25) is 0 Å². The molecular formula is C16H17ClN2O2. The molecule has 0 heterocycles. The molecule has 0 saturated carbocycles. The summed E-state index contributed by atoms with van der Waals surface area (Å²) in [7, 11) is 0. The van der Waals surface area contributed by atoms with Gasteiger partial charge in [-0.1, -0.05) is 48.9 Å². The molecule has 0 spiro atoms. The summed E-state index contributed by atoms with van der Waals surface area (Å²) in [6.45, 7) is 2.08. The highest BCUT2D eigenvalue weighted by atomic mass is 35.5. The molecule has 21 heavy (non-hydrogen) atoms. The molecule has 110 valence electrons. The standard InChI is InChI=1S/C16H17ClN2O2/c1-2-13(10-12-6-4-3-5-7-12)18-16-11-14(19(20)21)8-9-15(16)17/h3-9,11,13,18H,2,10H2,1H3. The van der Waals surface area contributed by atoms with Crippen LogP contribution in [0.25, 0.3) is 0 Å². The van der Waals surface area contributed by atoms with E-state index >= 15 is 0 Å². The van der Waals surface area contributed by atoms with Crippen LogP contribution in [0, 0.1) is 10.1 Å². The minimum atomic E-state index is -0.417. The number of rotatable bonds is 6. The summed E-state index contributed by atoms with van der Waals surface area (Å²) in [5.41, 5.74) is 1.86. The summed E-state index contributed by atoms with van der Waals surface area (Å²) in [5.74, 6) is 0. The summed E-state index contributed by atoms with van der Waals surface area (Å²) in [6.07, 6.45) is 1.74. The van der Waals surface area contributed by atoms with Crippen molar-refractivity contribution in [3.8, 4) is 0 Å². The Morgan fingerprint density at radius 1 is 1.24 bits per heavy atom. The van der Waals surface area contributed by atoms with Crippen molar-refractivity contribution in [2.75, 3.05) is 5.32 Å². The summed E-state index contributed by atoms with van der Waals surface area (Å²) in [6, 6.07) is 14.7. The van der Waals surface area contributed by atoms with Gasteiger partial charge in [0.25, 0.3) is 5.69 Å². The molecule has 0 amide bonds. The monoisotopic (exact) mass is 304 g/mol. The van der Waals surface area contributed by atoms with Gasteiger partial charge in [-0.25, -0.2) is 0 Å². The Hall–Kier alpha value is -2.07. The number of halogens is 1. The van der Waals surface area contributed by atoms with Crippen LogP contribution in [0.1, 0.15) is 18.9 Å². The number of nitrogens with zero attached hydrogens (tertiary/aromatic N) is 1. The zero-order valence-electron chi connectivity index (χ0n) is 11.8. The van der Waals surface area contributed by atoms with Gasteiger partial charge in [-0.2, -0.15) is 0 Å². The van der Waals surface area contributed by atoms with Gasteiger partial charge >= 0.3 is 0 Å². The van der Waals surface area contributed by atoms with E-state index < -0.39 is 4.92 Å². The van der Waals surface area contributed by atoms with Crippen LogP contribution in [0.5, 0.6) is 0 Å². The lowest BCUT2D eigenvalue weighted by molar-refractivity contribution is -0.384. The Kier molecular flexibility index (Phi) is 5.17. The molecule has 1 atom stereocenters. The second-order valence-corrected chi connectivity index (χ2v) is 5.27. The zero-order valence-corrected chi connectivity index (χ0v) is 12.5. The fourth-order valence-corrected chi connectivity index (χ4v) is 2.33. The van der Waals surface area contributed by atoms with Crippen LogP contribution in [0.4, 0.5) is 11.4 Å². The molecule has 0 bridgehead atoms. The first-order valence-corrected chi connectivity index (χ1v) is 7.22. The summed E-state index contributed by atoms with van der Waals surface area (Å²) < 4.78 is 0. The lowest BCUT2D eigenvalue weighted by atomic mass is 10.0. The van der Waals surface area contributed by atoms with Gasteiger partial charge in [-0.3, -0.25) is 10.1 Å². The molecule has 0 saturated heterocycles. The molecule has 0 aliphatic rings. The maximum Gasteiger partial charge on any atom is 0.271 e. The second-order valence-electron chi connectivity index (χ2n) is 4.86. The van der Waals surface area contributed by atoms with Crippen LogP contribution in [-0.4, -0.2) is 11.0 Å². The van der Waals surface area contributed by atoms with Crippen LogP contribution < -0.4 is 5.32 Å². The third-order valence-electron chi connectivity index (χ3n) is 3.34. The lowest BCUT2D eigenvalue weighted by Crippen LogP contribution is -2.21. The minimum absolute atomic E-state index is 0.0384. The van der Waals surface area contributed by atoms with Gasteiger partial charge in [0.15, 0.2) is 0 Å². The number of nitrogens with one attached hydrogen (secondary N) is 1. The van der Waals surface area contributed by atoms with Crippen LogP contribution >= 0.6 is 11.6 Å². The Balaban J connectivity index is 2.14. The Bertz CT molecular complexity index is 617. The molecule has 0 radical (unpaired) electrons. The molecule has 2 aromatic carbocycles. The van der Waals surface area contributed by atoms with E-state index in [9.17, 15) is 10.1 Å². The number of hydrogen-bond acceptors (Lipinski definition) is 3. The van der Waals surface area contributed by atoms with Gasteiger partial charge in [0.05, 0.1) is 15.6 Å². The van der Waals surface area contributed by atoms with Crippen LogP contribution in [-0.2, 0) is 6.42 Å². The van der Waals surface area contributed by atoms with Crippen molar-refractivity contribution in [2.24, 2.45) is 0 Å². The molecular weight excluding hydrogens is 288 g/mol. The average molecular weight is 305 g/mol. The molecule has 4 nitrogen and oxygen atoms in total. The highest BCUT2D eigenvalue weighted by molar-refractivity contribution is 6.33.